The number of nitrogens with one attached hydrogen (secondary N) is 1. The Morgan fingerprint density at radius 2 is 1.89 bits per heavy atom. The summed E-state index contributed by atoms with van der Waals surface area (Å²) in [6.07, 6.45) is 3.47. The molecular weight excluding hydrogens is 242 g/mol. The molecule has 1 aromatic rings. The van der Waals surface area contributed by atoms with Crippen molar-refractivity contribution >= 4 is 10.8 Å². The Balaban J connectivity index is 2.06. The smallest absolute Gasteiger partial charge is 0.0504 e. The molecule has 1 N–H and O–H groups in total. The first kappa shape index (κ1) is 13.8. The zero-order valence-corrected chi connectivity index (χ0v) is 12.3. The lowest BCUT2D eigenvalue weighted by atomic mass is 10.1. The van der Waals surface area contributed by atoms with Crippen LogP contribution in [0.2, 0.25) is 0 Å². The number of benzene rings is 1. The summed E-state index contributed by atoms with van der Waals surface area (Å²) in [5.74, 6) is 0.700. The van der Waals surface area contributed by atoms with Gasteiger partial charge in [0.25, 0.3) is 0 Å². The molecule has 1 fully saturated rings. The molecule has 0 bridgehead atoms. The Morgan fingerprint density at radius 1 is 1.22 bits per heavy atom. The van der Waals surface area contributed by atoms with Gasteiger partial charge >= 0.3 is 0 Å². The van der Waals surface area contributed by atoms with Crippen LogP contribution in [-0.2, 0) is 16.6 Å². The minimum Gasteiger partial charge on any atom is -0.316 e. The van der Waals surface area contributed by atoms with Crippen molar-refractivity contribution in [2.45, 2.75) is 50.2 Å². The zero-order valence-electron chi connectivity index (χ0n) is 11.5. The van der Waals surface area contributed by atoms with Crippen molar-refractivity contribution in [3.63, 3.8) is 0 Å². The van der Waals surface area contributed by atoms with Crippen LogP contribution >= 0.6 is 0 Å². The van der Waals surface area contributed by atoms with E-state index in [1.807, 2.05) is 7.05 Å². The number of rotatable bonds is 4. The minimum absolute atomic E-state index is 0.329. The monoisotopic (exact) mass is 265 g/mol. The van der Waals surface area contributed by atoms with Gasteiger partial charge in [0, 0.05) is 22.6 Å². The number of hydrogen-bond donors (Lipinski definition) is 1. The molecule has 0 spiro atoms. The standard InChI is InChI=1S/C15H23NOS/c1-11-7-12(2)9-13(8-11)10-18(17)15-6-4-5-14(15)16-3/h7-9,14-16H,4-6,10H2,1-3H3. The van der Waals surface area contributed by atoms with Crippen molar-refractivity contribution in [1.82, 2.24) is 5.32 Å². The fourth-order valence-corrected chi connectivity index (χ4v) is 4.77. The first-order valence-electron chi connectivity index (χ1n) is 6.72. The maximum Gasteiger partial charge on any atom is 0.0504 e. The molecule has 1 aliphatic carbocycles. The molecule has 1 saturated carbocycles. The van der Waals surface area contributed by atoms with Crippen molar-refractivity contribution in [3.05, 3.63) is 34.9 Å². The molecule has 0 saturated heterocycles. The van der Waals surface area contributed by atoms with Gasteiger partial charge in [0.2, 0.25) is 0 Å². The van der Waals surface area contributed by atoms with E-state index in [4.69, 9.17) is 0 Å². The predicted molar refractivity (Wildman–Crippen MR) is 78.2 cm³/mol. The first-order valence-corrected chi connectivity index (χ1v) is 8.10. The Kier molecular flexibility index (Phi) is 4.57. The Bertz CT molecular complexity index is 424. The average molecular weight is 265 g/mol. The van der Waals surface area contributed by atoms with E-state index >= 15 is 0 Å². The molecule has 2 nitrogen and oxygen atoms in total. The third-order valence-corrected chi connectivity index (χ3v) is 5.61. The van der Waals surface area contributed by atoms with Crippen LogP contribution in [0.15, 0.2) is 18.2 Å². The second-order valence-corrected chi connectivity index (χ2v) is 7.04. The van der Waals surface area contributed by atoms with E-state index in [-0.39, 0.29) is 0 Å². The second kappa shape index (κ2) is 5.98. The summed E-state index contributed by atoms with van der Waals surface area (Å²) in [7, 11) is 1.23. The number of aryl methyl sites for hydroxylation is 2. The van der Waals surface area contributed by atoms with Crippen LogP contribution < -0.4 is 5.32 Å². The quantitative estimate of drug-likeness (QED) is 0.907. The first-order chi connectivity index (χ1) is 8.60. The highest BCUT2D eigenvalue weighted by molar-refractivity contribution is 7.84. The topological polar surface area (TPSA) is 29.1 Å². The molecule has 3 atom stereocenters. The summed E-state index contributed by atoms with van der Waals surface area (Å²) in [5, 5.41) is 3.64. The molecule has 0 aromatic heterocycles. The fraction of sp³-hybridized carbons (Fsp3) is 0.600. The van der Waals surface area contributed by atoms with Crippen LogP contribution in [0.25, 0.3) is 0 Å². The van der Waals surface area contributed by atoms with Gasteiger partial charge in [0.05, 0.1) is 5.25 Å². The highest BCUT2D eigenvalue weighted by Gasteiger charge is 2.30. The lowest BCUT2D eigenvalue weighted by Crippen LogP contribution is -2.36. The van der Waals surface area contributed by atoms with Gasteiger partial charge in [-0.05, 0) is 39.3 Å². The molecule has 2 rings (SSSR count). The van der Waals surface area contributed by atoms with Crippen molar-refractivity contribution in [2.75, 3.05) is 7.05 Å². The third kappa shape index (κ3) is 3.21. The molecule has 1 aliphatic rings. The van der Waals surface area contributed by atoms with Crippen LogP contribution in [0.5, 0.6) is 0 Å². The van der Waals surface area contributed by atoms with E-state index in [1.54, 1.807) is 0 Å². The van der Waals surface area contributed by atoms with E-state index in [1.165, 1.54) is 29.5 Å². The van der Waals surface area contributed by atoms with E-state index in [0.29, 0.717) is 17.0 Å². The SMILES string of the molecule is CNC1CCCC1S(=O)Cc1cc(C)cc(C)c1. The summed E-state index contributed by atoms with van der Waals surface area (Å²) < 4.78 is 12.5. The van der Waals surface area contributed by atoms with Gasteiger partial charge in [-0.25, -0.2) is 0 Å². The summed E-state index contributed by atoms with van der Waals surface area (Å²) >= 11 is 0. The van der Waals surface area contributed by atoms with Crippen LogP contribution in [0.1, 0.15) is 36.0 Å². The highest BCUT2D eigenvalue weighted by atomic mass is 32.2. The van der Waals surface area contributed by atoms with Gasteiger partial charge in [-0.1, -0.05) is 35.7 Å². The summed E-state index contributed by atoms with van der Waals surface area (Å²) in [6, 6.07) is 6.93. The molecule has 18 heavy (non-hydrogen) atoms. The average Bonchev–Trinajstić information content (AvgIpc) is 2.75. The van der Waals surface area contributed by atoms with Gasteiger partial charge in [-0.15, -0.1) is 0 Å². The predicted octanol–water partition coefficient (Wildman–Crippen LogP) is 2.69. The van der Waals surface area contributed by atoms with Crippen LogP contribution in [0.3, 0.4) is 0 Å². The van der Waals surface area contributed by atoms with Gasteiger partial charge in [-0.2, -0.15) is 0 Å². The Hall–Kier alpha value is -0.670. The van der Waals surface area contributed by atoms with Gasteiger partial charge in [0.1, 0.15) is 0 Å². The minimum atomic E-state index is -0.755. The lowest BCUT2D eigenvalue weighted by molar-refractivity contribution is 0.576. The van der Waals surface area contributed by atoms with Crippen molar-refractivity contribution in [1.29, 1.82) is 0 Å². The highest BCUT2D eigenvalue weighted by Crippen LogP contribution is 2.25. The van der Waals surface area contributed by atoms with Crippen molar-refractivity contribution < 1.29 is 4.21 Å². The molecule has 0 heterocycles. The third-order valence-electron chi connectivity index (χ3n) is 3.75. The maximum atomic E-state index is 12.5. The van der Waals surface area contributed by atoms with Crippen LogP contribution in [0, 0.1) is 13.8 Å². The lowest BCUT2D eigenvalue weighted by Gasteiger charge is -2.18. The summed E-state index contributed by atoms with van der Waals surface area (Å²) in [4.78, 5) is 0. The molecule has 100 valence electrons. The molecule has 0 radical (unpaired) electrons. The normalized spacial score (nSPS) is 25.3. The summed E-state index contributed by atoms with van der Waals surface area (Å²) in [6.45, 7) is 4.21. The van der Waals surface area contributed by atoms with Gasteiger partial charge in [-0.3, -0.25) is 4.21 Å². The molecular formula is C15H23NOS. The molecule has 3 heteroatoms. The van der Waals surface area contributed by atoms with Gasteiger partial charge < -0.3 is 5.32 Å². The maximum absolute atomic E-state index is 12.5. The van der Waals surface area contributed by atoms with Gasteiger partial charge in [0.15, 0.2) is 0 Å². The second-order valence-electron chi connectivity index (χ2n) is 5.39. The molecule has 1 aromatic carbocycles. The van der Waals surface area contributed by atoms with E-state index in [2.05, 4.69) is 37.4 Å². The van der Waals surface area contributed by atoms with Crippen LogP contribution in [-0.4, -0.2) is 22.5 Å². The molecule has 3 unspecified atom stereocenters. The molecule has 0 amide bonds. The van der Waals surface area contributed by atoms with Crippen LogP contribution in [0.4, 0.5) is 0 Å². The largest absolute Gasteiger partial charge is 0.316 e. The van der Waals surface area contributed by atoms with E-state index in [0.717, 1.165) is 6.42 Å². The van der Waals surface area contributed by atoms with Crippen molar-refractivity contribution in [3.8, 4) is 0 Å². The fourth-order valence-electron chi connectivity index (χ4n) is 2.99. The summed E-state index contributed by atoms with van der Waals surface area (Å²) in [5.41, 5.74) is 3.74. The number of hydrogen-bond acceptors (Lipinski definition) is 2. The Morgan fingerprint density at radius 3 is 2.50 bits per heavy atom. The zero-order chi connectivity index (χ0) is 13.1. The van der Waals surface area contributed by atoms with E-state index in [9.17, 15) is 4.21 Å². The van der Waals surface area contributed by atoms with E-state index < -0.39 is 10.8 Å². The molecule has 0 aliphatic heterocycles. The van der Waals surface area contributed by atoms with Crippen molar-refractivity contribution in [2.24, 2.45) is 0 Å². The Labute approximate surface area is 113 Å².